The minimum Gasteiger partial charge on any atom is -0.207 e. The third-order valence-electron chi connectivity index (χ3n) is 2.89. The highest BCUT2D eigenvalue weighted by atomic mass is 19.1. The second-order valence-electron chi connectivity index (χ2n) is 4.39. The number of benzene rings is 2. The van der Waals surface area contributed by atoms with Crippen molar-refractivity contribution in [3.63, 3.8) is 0 Å². The maximum Gasteiger partial charge on any atom is 0.123 e. The van der Waals surface area contributed by atoms with Gasteiger partial charge in [0.1, 0.15) is 5.82 Å². The first kappa shape index (κ1) is 12.4. The van der Waals surface area contributed by atoms with E-state index in [0.29, 0.717) is 0 Å². The van der Waals surface area contributed by atoms with E-state index < -0.39 is 0 Å². The summed E-state index contributed by atoms with van der Waals surface area (Å²) >= 11 is 0. The van der Waals surface area contributed by atoms with Crippen LogP contribution < -0.4 is 0 Å². The first-order valence-corrected chi connectivity index (χ1v) is 5.92. The Labute approximate surface area is 107 Å². The van der Waals surface area contributed by atoms with E-state index in [1.54, 1.807) is 12.1 Å². The fourth-order valence-corrected chi connectivity index (χ4v) is 2.12. The Bertz CT molecular complexity index is 625. The molecule has 2 rings (SSSR count). The van der Waals surface area contributed by atoms with Crippen molar-refractivity contribution in [3.05, 3.63) is 58.9 Å². The Morgan fingerprint density at radius 3 is 2.28 bits per heavy atom. The monoisotopic (exact) mass is 238 g/mol. The van der Waals surface area contributed by atoms with Gasteiger partial charge in [-0.05, 0) is 49.6 Å². The minimum absolute atomic E-state index is 0.216. The van der Waals surface area contributed by atoms with Crippen LogP contribution >= 0.6 is 0 Å². The van der Waals surface area contributed by atoms with Crippen LogP contribution in [-0.2, 0) is 0 Å². The zero-order valence-electron chi connectivity index (χ0n) is 10.8. The molecule has 0 N–H and O–H groups in total. The van der Waals surface area contributed by atoms with Gasteiger partial charge >= 0.3 is 0 Å². The highest BCUT2D eigenvalue weighted by molar-refractivity contribution is 5.73. The summed E-state index contributed by atoms with van der Waals surface area (Å²) in [6.07, 6.45) is 0. The van der Waals surface area contributed by atoms with Gasteiger partial charge in [-0.25, -0.2) is 4.39 Å². The molecule has 0 saturated carbocycles. The van der Waals surface area contributed by atoms with E-state index in [1.165, 1.54) is 17.7 Å². The molecule has 0 fully saturated rings. The minimum atomic E-state index is -0.216. The van der Waals surface area contributed by atoms with Crippen LogP contribution in [0.25, 0.3) is 11.1 Å². The fourth-order valence-electron chi connectivity index (χ4n) is 2.12. The molecule has 18 heavy (non-hydrogen) atoms. The average Bonchev–Trinajstić information content (AvgIpc) is 2.33. The smallest absolute Gasteiger partial charge is 0.123 e. The summed E-state index contributed by atoms with van der Waals surface area (Å²) in [4.78, 5) is 0. The predicted octanol–water partition coefficient (Wildman–Crippen LogP) is 4.48. The van der Waals surface area contributed by atoms with E-state index in [1.807, 2.05) is 6.92 Å². The number of halogens is 1. The van der Waals surface area contributed by atoms with Crippen molar-refractivity contribution >= 4 is 0 Å². The second-order valence-corrected chi connectivity index (χ2v) is 4.39. The third-order valence-corrected chi connectivity index (χ3v) is 2.89. The Morgan fingerprint density at radius 2 is 1.67 bits per heavy atom. The average molecular weight is 238 g/mol. The summed E-state index contributed by atoms with van der Waals surface area (Å²) in [5, 5.41) is 0. The maximum absolute atomic E-state index is 13.0. The highest BCUT2D eigenvalue weighted by Gasteiger charge is 2.07. The van der Waals surface area contributed by atoms with E-state index >= 15 is 0 Å². The first-order chi connectivity index (χ1) is 8.61. The standard InChI is InChI=1S/C17H15F/c1-4-5-16-13(3)10-12(2)11-17(16)14-6-8-15(18)9-7-14/h6-11H,1-3H3. The third kappa shape index (κ3) is 2.43. The molecule has 0 spiro atoms. The van der Waals surface area contributed by atoms with Gasteiger partial charge in [0.25, 0.3) is 0 Å². The van der Waals surface area contributed by atoms with Crippen molar-refractivity contribution in [1.29, 1.82) is 0 Å². The lowest BCUT2D eigenvalue weighted by Gasteiger charge is -2.10. The quantitative estimate of drug-likeness (QED) is 0.642. The van der Waals surface area contributed by atoms with Crippen molar-refractivity contribution in [3.8, 4) is 23.0 Å². The molecule has 0 aliphatic heterocycles. The number of aryl methyl sites for hydroxylation is 2. The van der Waals surface area contributed by atoms with E-state index in [2.05, 4.69) is 37.8 Å². The molecule has 0 atom stereocenters. The molecule has 0 saturated heterocycles. The topological polar surface area (TPSA) is 0 Å². The predicted molar refractivity (Wildman–Crippen MR) is 73.9 cm³/mol. The lowest BCUT2D eigenvalue weighted by Crippen LogP contribution is -1.91. The Kier molecular flexibility index (Phi) is 3.48. The van der Waals surface area contributed by atoms with E-state index in [-0.39, 0.29) is 5.82 Å². The summed E-state index contributed by atoms with van der Waals surface area (Å²) < 4.78 is 13.0. The van der Waals surface area contributed by atoms with Crippen LogP contribution in [0, 0.1) is 31.5 Å². The van der Waals surface area contributed by atoms with Crippen molar-refractivity contribution in [1.82, 2.24) is 0 Å². The van der Waals surface area contributed by atoms with Gasteiger partial charge < -0.3 is 0 Å². The van der Waals surface area contributed by atoms with Crippen LogP contribution in [0.3, 0.4) is 0 Å². The van der Waals surface area contributed by atoms with Crippen molar-refractivity contribution in [2.75, 3.05) is 0 Å². The van der Waals surface area contributed by atoms with Crippen LogP contribution in [0.2, 0.25) is 0 Å². The number of hydrogen-bond acceptors (Lipinski definition) is 0. The molecule has 0 bridgehead atoms. The van der Waals surface area contributed by atoms with Crippen LogP contribution in [-0.4, -0.2) is 0 Å². The van der Waals surface area contributed by atoms with Gasteiger partial charge in [-0.2, -0.15) is 0 Å². The fraction of sp³-hybridized carbons (Fsp3) is 0.176. The van der Waals surface area contributed by atoms with Crippen molar-refractivity contribution in [2.24, 2.45) is 0 Å². The van der Waals surface area contributed by atoms with Crippen molar-refractivity contribution < 1.29 is 4.39 Å². The van der Waals surface area contributed by atoms with Gasteiger partial charge in [0.05, 0.1) is 0 Å². The molecule has 0 nitrogen and oxygen atoms in total. The molecule has 1 heteroatoms. The van der Waals surface area contributed by atoms with Crippen LogP contribution in [0.1, 0.15) is 23.6 Å². The van der Waals surface area contributed by atoms with Gasteiger partial charge in [0.15, 0.2) is 0 Å². The lowest BCUT2D eigenvalue weighted by atomic mass is 9.94. The zero-order chi connectivity index (χ0) is 13.1. The normalized spacial score (nSPS) is 9.78. The molecule has 0 amide bonds. The van der Waals surface area contributed by atoms with E-state index in [9.17, 15) is 4.39 Å². The lowest BCUT2D eigenvalue weighted by molar-refractivity contribution is 0.628. The summed E-state index contributed by atoms with van der Waals surface area (Å²) in [5.74, 6) is 5.87. The molecule has 0 radical (unpaired) electrons. The molecular formula is C17H15F. The first-order valence-electron chi connectivity index (χ1n) is 5.92. The van der Waals surface area contributed by atoms with E-state index in [4.69, 9.17) is 0 Å². The van der Waals surface area contributed by atoms with Crippen LogP contribution in [0.5, 0.6) is 0 Å². The SMILES string of the molecule is CC#Cc1c(C)cc(C)cc1-c1ccc(F)cc1. The molecule has 0 unspecified atom stereocenters. The summed E-state index contributed by atoms with van der Waals surface area (Å²) in [6, 6.07) is 10.8. The number of rotatable bonds is 1. The van der Waals surface area contributed by atoms with Gasteiger partial charge in [0.2, 0.25) is 0 Å². The van der Waals surface area contributed by atoms with E-state index in [0.717, 1.165) is 22.3 Å². The molecule has 2 aromatic carbocycles. The molecule has 2 aromatic rings. The van der Waals surface area contributed by atoms with Gasteiger partial charge in [0, 0.05) is 5.56 Å². The Balaban J connectivity index is 2.67. The Hall–Kier alpha value is -2.07. The van der Waals surface area contributed by atoms with Crippen molar-refractivity contribution in [2.45, 2.75) is 20.8 Å². The second kappa shape index (κ2) is 5.06. The van der Waals surface area contributed by atoms with Gasteiger partial charge in [-0.15, -0.1) is 5.92 Å². The largest absolute Gasteiger partial charge is 0.207 e. The molecule has 0 aromatic heterocycles. The molecular weight excluding hydrogens is 223 g/mol. The number of hydrogen-bond donors (Lipinski definition) is 0. The van der Waals surface area contributed by atoms with Crippen LogP contribution in [0.15, 0.2) is 36.4 Å². The molecule has 0 heterocycles. The molecule has 0 aliphatic rings. The summed E-state index contributed by atoms with van der Waals surface area (Å²) in [5.41, 5.74) is 5.44. The molecule has 90 valence electrons. The van der Waals surface area contributed by atoms with Gasteiger partial charge in [-0.1, -0.05) is 35.7 Å². The Morgan fingerprint density at radius 1 is 1.00 bits per heavy atom. The molecule has 0 aliphatic carbocycles. The van der Waals surface area contributed by atoms with Crippen LogP contribution in [0.4, 0.5) is 4.39 Å². The summed E-state index contributed by atoms with van der Waals surface area (Å²) in [6.45, 7) is 5.94. The summed E-state index contributed by atoms with van der Waals surface area (Å²) in [7, 11) is 0. The zero-order valence-corrected chi connectivity index (χ0v) is 10.8. The maximum atomic E-state index is 13.0. The highest BCUT2D eigenvalue weighted by Crippen LogP contribution is 2.27. The van der Waals surface area contributed by atoms with Gasteiger partial charge in [-0.3, -0.25) is 0 Å².